The second-order valence-corrected chi connectivity index (χ2v) is 9.29. The van der Waals surface area contributed by atoms with Crippen LogP contribution in [0.1, 0.15) is 16.8 Å². The van der Waals surface area contributed by atoms with Crippen LogP contribution in [0.3, 0.4) is 0 Å². The van der Waals surface area contributed by atoms with E-state index in [2.05, 4.69) is 55.2 Å². The first-order valence-electron chi connectivity index (χ1n) is 10.7. The molecule has 0 fully saturated rings. The van der Waals surface area contributed by atoms with E-state index >= 15 is 0 Å². The lowest BCUT2D eigenvalue weighted by atomic mass is 10.1. The molecule has 1 aromatic carbocycles. The Kier molecular flexibility index (Phi) is 6.40. The fourth-order valence-electron chi connectivity index (χ4n) is 3.58. The molecule has 0 aliphatic heterocycles. The molecule has 35 heavy (non-hydrogen) atoms. The first kappa shape index (κ1) is 22.9. The highest BCUT2D eigenvalue weighted by Crippen LogP contribution is 2.29. The molecule has 0 spiro atoms. The van der Waals surface area contributed by atoms with E-state index in [0.29, 0.717) is 27.7 Å². The quantitative estimate of drug-likeness (QED) is 0.250. The zero-order valence-corrected chi connectivity index (χ0v) is 20.4. The number of anilines is 2. The van der Waals surface area contributed by atoms with Gasteiger partial charge < -0.3 is 15.6 Å². The third-order valence-electron chi connectivity index (χ3n) is 5.41. The molecule has 1 amide bonds. The number of nitrogens with zero attached hydrogens (tertiary/aromatic N) is 5. The van der Waals surface area contributed by atoms with Crippen molar-refractivity contribution in [3.63, 3.8) is 0 Å². The van der Waals surface area contributed by atoms with Crippen LogP contribution in [0, 0.1) is 5.82 Å². The van der Waals surface area contributed by atoms with Gasteiger partial charge in [-0.1, -0.05) is 46.0 Å². The lowest BCUT2D eigenvalue weighted by Crippen LogP contribution is -2.14. The molecule has 3 aromatic heterocycles. The van der Waals surface area contributed by atoms with Crippen molar-refractivity contribution in [2.45, 2.75) is 16.9 Å². The molecule has 0 saturated heterocycles. The van der Waals surface area contributed by atoms with E-state index in [4.69, 9.17) is 15.4 Å². The molecular formula is C24H19FIN7O2. The van der Waals surface area contributed by atoms with E-state index in [1.165, 1.54) is 42.3 Å². The average Bonchev–Trinajstić information content (AvgIpc) is 3.52. The van der Waals surface area contributed by atoms with Crippen LogP contribution in [0.4, 0.5) is 15.9 Å². The van der Waals surface area contributed by atoms with Gasteiger partial charge in [-0.2, -0.15) is 5.10 Å². The summed E-state index contributed by atoms with van der Waals surface area (Å²) in [5, 5.41) is 11.4. The zero-order valence-electron chi connectivity index (χ0n) is 18.2. The number of nitrogens with one attached hydrogen (secondary N) is 1. The maximum atomic E-state index is 13.1. The number of benzene rings is 1. The second-order valence-electron chi connectivity index (χ2n) is 7.78. The van der Waals surface area contributed by atoms with Crippen LogP contribution in [0.15, 0.2) is 77.2 Å². The number of carbonyl (C=O) groups is 1. The van der Waals surface area contributed by atoms with Gasteiger partial charge in [0, 0.05) is 15.6 Å². The summed E-state index contributed by atoms with van der Waals surface area (Å²) in [6.07, 6.45) is 10.2. The molecule has 3 heterocycles. The minimum atomic E-state index is -0.450. The summed E-state index contributed by atoms with van der Waals surface area (Å²) >= 11 is 2.42. The monoisotopic (exact) mass is 583 g/mol. The number of allylic oxidation sites excluding steroid dienone is 4. The molecule has 9 nitrogen and oxygen atoms in total. The summed E-state index contributed by atoms with van der Waals surface area (Å²) in [7, 11) is 0. The van der Waals surface area contributed by atoms with Crippen molar-refractivity contribution in [2.75, 3.05) is 11.1 Å². The number of hydrogen-bond donors (Lipinski definition) is 2. The van der Waals surface area contributed by atoms with Crippen molar-refractivity contribution in [3.05, 3.63) is 84.0 Å². The summed E-state index contributed by atoms with van der Waals surface area (Å²) in [5.41, 5.74) is 9.76. The van der Waals surface area contributed by atoms with Crippen molar-refractivity contribution in [3.8, 4) is 22.9 Å². The maximum absolute atomic E-state index is 13.1. The molecule has 11 heteroatoms. The number of hydrogen-bond acceptors (Lipinski definition) is 7. The topological polar surface area (TPSA) is 125 Å². The number of rotatable bonds is 6. The van der Waals surface area contributed by atoms with Crippen LogP contribution in [0.5, 0.6) is 0 Å². The molecule has 3 N–H and O–H groups in total. The molecule has 1 aliphatic carbocycles. The van der Waals surface area contributed by atoms with Crippen LogP contribution in [0.2, 0.25) is 0 Å². The van der Waals surface area contributed by atoms with Crippen molar-refractivity contribution in [1.29, 1.82) is 0 Å². The first-order valence-corrected chi connectivity index (χ1v) is 11.9. The number of aromatic nitrogens is 5. The van der Waals surface area contributed by atoms with E-state index in [0.717, 1.165) is 12.1 Å². The molecule has 176 valence electrons. The molecule has 1 atom stereocenters. The highest BCUT2D eigenvalue weighted by molar-refractivity contribution is 14.1. The molecule has 5 rings (SSSR count). The molecule has 0 saturated carbocycles. The lowest BCUT2D eigenvalue weighted by Gasteiger charge is -2.16. The molecule has 0 radical (unpaired) electrons. The zero-order chi connectivity index (χ0) is 24.4. The smallest absolute Gasteiger partial charge is 0.255 e. The third-order valence-corrected chi connectivity index (χ3v) is 6.71. The number of carbonyl (C=O) groups excluding carboxylic acids is 1. The van der Waals surface area contributed by atoms with Gasteiger partial charge in [0.2, 0.25) is 0 Å². The summed E-state index contributed by atoms with van der Waals surface area (Å²) in [5.74, 6) is -0.498. The van der Waals surface area contributed by atoms with Gasteiger partial charge in [0.25, 0.3) is 5.91 Å². The Hall–Kier alpha value is -3.87. The van der Waals surface area contributed by atoms with Crippen LogP contribution in [0.25, 0.3) is 22.9 Å². The normalized spacial score (nSPS) is 15.1. The Morgan fingerprint density at radius 3 is 2.80 bits per heavy atom. The van der Waals surface area contributed by atoms with Gasteiger partial charge >= 0.3 is 0 Å². The van der Waals surface area contributed by atoms with E-state index in [1.54, 1.807) is 6.07 Å². The van der Waals surface area contributed by atoms with Crippen LogP contribution in [-0.4, -0.2) is 34.7 Å². The number of nitrogens with two attached hydrogens (primary N) is 1. The minimum Gasteiger partial charge on any atom is -0.382 e. The Labute approximate surface area is 213 Å². The predicted octanol–water partition coefficient (Wildman–Crippen LogP) is 4.66. The number of alkyl halides is 1. The van der Waals surface area contributed by atoms with Crippen molar-refractivity contribution in [2.24, 2.45) is 0 Å². The van der Waals surface area contributed by atoms with Gasteiger partial charge in [-0.05, 0) is 42.3 Å². The Bertz CT molecular complexity index is 1430. The van der Waals surface area contributed by atoms with Crippen LogP contribution < -0.4 is 11.1 Å². The van der Waals surface area contributed by atoms with Gasteiger partial charge in [-0.3, -0.25) is 9.48 Å². The van der Waals surface area contributed by atoms with Gasteiger partial charge in [0.1, 0.15) is 29.2 Å². The summed E-state index contributed by atoms with van der Waals surface area (Å²) in [6.45, 7) is 0.571. The third kappa shape index (κ3) is 4.99. The molecule has 4 aromatic rings. The van der Waals surface area contributed by atoms with E-state index in [9.17, 15) is 9.18 Å². The Balaban J connectivity index is 1.43. The van der Waals surface area contributed by atoms with Gasteiger partial charge in [0.05, 0.1) is 18.4 Å². The van der Waals surface area contributed by atoms with Crippen LogP contribution >= 0.6 is 22.6 Å². The van der Waals surface area contributed by atoms with Gasteiger partial charge in [-0.25, -0.2) is 14.4 Å². The standard InChI is InChI=1S/C24H19FIN7O2/c25-16-7-5-14(6-8-16)24(34)29-20-12-28-23(30-22(20)27)19-11-21(18-9-10-35-32-18)33(31-19)13-15-3-1-2-4-17(15)26/h1-3,5-12,17H,4,13H2,(H,29,34)(H2,27,28,30). The highest BCUT2D eigenvalue weighted by atomic mass is 127. The molecular weight excluding hydrogens is 564 g/mol. The van der Waals surface area contributed by atoms with E-state index in [1.807, 2.05) is 16.8 Å². The Morgan fingerprint density at radius 1 is 1.26 bits per heavy atom. The second kappa shape index (κ2) is 9.78. The molecule has 1 aliphatic rings. The van der Waals surface area contributed by atoms with Crippen molar-refractivity contribution >= 4 is 40.0 Å². The predicted molar refractivity (Wildman–Crippen MR) is 137 cm³/mol. The largest absolute Gasteiger partial charge is 0.382 e. The fraction of sp³-hybridized carbons (Fsp3) is 0.125. The molecule has 0 bridgehead atoms. The van der Waals surface area contributed by atoms with Gasteiger partial charge in [-0.15, -0.1) is 0 Å². The van der Waals surface area contributed by atoms with E-state index in [-0.39, 0.29) is 17.1 Å². The number of halogens is 2. The summed E-state index contributed by atoms with van der Waals surface area (Å²) in [6, 6.07) is 8.77. The maximum Gasteiger partial charge on any atom is 0.255 e. The average molecular weight is 583 g/mol. The van der Waals surface area contributed by atoms with Crippen molar-refractivity contribution < 1.29 is 13.7 Å². The molecule has 1 unspecified atom stereocenters. The van der Waals surface area contributed by atoms with Gasteiger partial charge in [0.15, 0.2) is 11.6 Å². The van der Waals surface area contributed by atoms with Crippen molar-refractivity contribution in [1.82, 2.24) is 24.9 Å². The highest BCUT2D eigenvalue weighted by Gasteiger charge is 2.20. The number of amides is 1. The van der Waals surface area contributed by atoms with Crippen LogP contribution in [-0.2, 0) is 6.54 Å². The fourth-order valence-corrected chi connectivity index (χ4v) is 4.28. The SMILES string of the molecule is Nc1nc(-c2cc(-c3ccon3)n(CC3=CC=CCC3I)n2)ncc1NC(=O)c1ccc(F)cc1. The first-order chi connectivity index (χ1) is 17.0. The van der Waals surface area contributed by atoms with E-state index < -0.39 is 11.7 Å². The number of nitrogen functional groups attached to an aromatic ring is 1. The Morgan fingerprint density at radius 2 is 2.09 bits per heavy atom. The lowest BCUT2D eigenvalue weighted by molar-refractivity contribution is 0.102. The summed E-state index contributed by atoms with van der Waals surface area (Å²) in [4.78, 5) is 21.1. The minimum absolute atomic E-state index is 0.0791. The summed E-state index contributed by atoms with van der Waals surface area (Å²) < 4.78 is 20.4.